The predicted molar refractivity (Wildman–Crippen MR) is 128 cm³/mol. The Morgan fingerprint density at radius 2 is 1.71 bits per heavy atom. The van der Waals surface area contributed by atoms with Gasteiger partial charge >= 0.3 is 0 Å². The van der Waals surface area contributed by atoms with Gasteiger partial charge in [0.2, 0.25) is 0 Å². The highest BCUT2D eigenvalue weighted by molar-refractivity contribution is 5.27. The molecule has 0 bridgehead atoms. The summed E-state index contributed by atoms with van der Waals surface area (Å²) in [6.45, 7) is 14.8. The van der Waals surface area contributed by atoms with Crippen molar-refractivity contribution in [2.45, 2.75) is 124 Å². The lowest BCUT2D eigenvalue weighted by atomic mass is 9.47. The molecule has 0 unspecified atom stereocenters. The van der Waals surface area contributed by atoms with Crippen LogP contribution in [0.5, 0.6) is 0 Å². The van der Waals surface area contributed by atoms with Crippen LogP contribution < -0.4 is 0 Å². The lowest BCUT2D eigenvalue weighted by molar-refractivity contribution is -0.0429. The average Bonchev–Trinajstić information content (AvgIpc) is 3.25. The first-order chi connectivity index (χ1) is 14.6. The molecule has 0 aromatic carbocycles. The van der Waals surface area contributed by atoms with Crippen molar-refractivity contribution in [3.63, 3.8) is 0 Å². The van der Waals surface area contributed by atoms with Crippen LogP contribution in [0.15, 0.2) is 11.6 Å². The summed E-state index contributed by atoms with van der Waals surface area (Å²) < 4.78 is 6.12. The second-order valence-electron chi connectivity index (χ2n) is 13.3. The summed E-state index contributed by atoms with van der Waals surface area (Å²) in [5.41, 5.74) is 2.97. The first-order valence-corrected chi connectivity index (χ1v) is 13.7. The van der Waals surface area contributed by atoms with E-state index in [9.17, 15) is 5.11 Å². The minimum Gasteiger partial charge on any atom is -0.393 e. The zero-order chi connectivity index (χ0) is 22.2. The third-order valence-electron chi connectivity index (χ3n) is 11.8. The van der Waals surface area contributed by atoms with Gasteiger partial charge in [-0.25, -0.2) is 0 Å². The molecule has 2 nitrogen and oxygen atoms in total. The molecule has 1 saturated heterocycles. The molecule has 0 radical (unpaired) electrons. The van der Waals surface area contributed by atoms with Gasteiger partial charge in [0.1, 0.15) is 0 Å². The van der Waals surface area contributed by atoms with E-state index in [0.717, 1.165) is 36.5 Å². The van der Waals surface area contributed by atoms with Crippen LogP contribution in [-0.4, -0.2) is 22.9 Å². The number of fused-ring (bicyclic) bond motifs is 5. The van der Waals surface area contributed by atoms with E-state index in [1.165, 1.54) is 51.4 Å². The van der Waals surface area contributed by atoms with Gasteiger partial charge in [-0.2, -0.15) is 0 Å². The van der Waals surface area contributed by atoms with Crippen molar-refractivity contribution >= 4 is 0 Å². The monoisotopic (exact) mass is 428 g/mol. The summed E-state index contributed by atoms with van der Waals surface area (Å²) in [6.07, 6.45) is 15.8. The zero-order valence-electron chi connectivity index (χ0n) is 21.1. The standard InChI is InChI=1S/C29H48O2/c1-18(2)29(20(4)31-29)16-11-19(3)24-9-10-25-23-8-7-21-17-22(30)12-14-27(21,5)26(23)13-15-28(24,25)6/h8,18-22,24-26,30H,7,9-17H2,1-6H3/t19-,20-,21+,22+,24-,25+,26+,27+,28-,29-/m1/s1. The van der Waals surface area contributed by atoms with E-state index in [4.69, 9.17) is 4.74 Å². The van der Waals surface area contributed by atoms with Crippen molar-refractivity contribution in [1.82, 2.24) is 0 Å². The van der Waals surface area contributed by atoms with E-state index in [2.05, 4.69) is 47.6 Å². The van der Waals surface area contributed by atoms with E-state index in [-0.39, 0.29) is 11.7 Å². The number of epoxide rings is 1. The smallest absolute Gasteiger partial charge is 0.0968 e. The molecule has 4 aliphatic carbocycles. The molecule has 1 aliphatic heterocycles. The third-order valence-corrected chi connectivity index (χ3v) is 11.8. The molecule has 0 amide bonds. The Morgan fingerprint density at radius 3 is 2.39 bits per heavy atom. The molecule has 5 aliphatic rings. The van der Waals surface area contributed by atoms with Gasteiger partial charge in [0.05, 0.1) is 17.8 Å². The fourth-order valence-electron chi connectivity index (χ4n) is 9.57. The molecule has 176 valence electrons. The maximum absolute atomic E-state index is 10.3. The number of rotatable bonds is 5. The van der Waals surface area contributed by atoms with Crippen molar-refractivity contribution in [2.24, 2.45) is 46.3 Å². The molecule has 2 heteroatoms. The van der Waals surface area contributed by atoms with Gasteiger partial charge in [-0.15, -0.1) is 0 Å². The molecule has 1 N–H and O–H groups in total. The first-order valence-electron chi connectivity index (χ1n) is 13.7. The summed E-state index contributed by atoms with van der Waals surface area (Å²) in [4.78, 5) is 0. The lowest BCUT2D eigenvalue weighted by Gasteiger charge is -2.57. The van der Waals surface area contributed by atoms with Crippen LogP contribution in [0.3, 0.4) is 0 Å². The predicted octanol–water partition coefficient (Wildman–Crippen LogP) is 7.16. The topological polar surface area (TPSA) is 32.8 Å². The Kier molecular flexibility index (Phi) is 5.50. The molecule has 31 heavy (non-hydrogen) atoms. The third kappa shape index (κ3) is 3.32. The van der Waals surface area contributed by atoms with Crippen LogP contribution in [0, 0.1) is 46.3 Å². The fraction of sp³-hybridized carbons (Fsp3) is 0.931. The highest BCUT2D eigenvalue weighted by atomic mass is 16.6. The summed E-state index contributed by atoms with van der Waals surface area (Å²) in [6, 6.07) is 0. The van der Waals surface area contributed by atoms with E-state index >= 15 is 0 Å². The van der Waals surface area contributed by atoms with Gasteiger partial charge in [0.25, 0.3) is 0 Å². The number of ether oxygens (including phenoxy) is 1. The van der Waals surface area contributed by atoms with Gasteiger partial charge in [-0.3, -0.25) is 0 Å². The minimum absolute atomic E-state index is 0.0501. The van der Waals surface area contributed by atoms with Crippen molar-refractivity contribution in [1.29, 1.82) is 0 Å². The van der Waals surface area contributed by atoms with Crippen molar-refractivity contribution < 1.29 is 9.84 Å². The summed E-state index contributed by atoms with van der Waals surface area (Å²) >= 11 is 0. The normalized spacial score (nSPS) is 52.2. The quantitative estimate of drug-likeness (QED) is 0.372. The molecule has 0 aromatic rings. The summed E-state index contributed by atoms with van der Waals surface area (Å²) in [7, 11) is 0. The molecule has 4 fully saturated rings. The molecule has 1 heterocycles. The molecule has 0 aromatic heterocycles. The molecular formula is C29H48O2. The van der Waals surface area contributed by atoms with Crippen molar-refractivity contribution in [2.75, 3.05) is 0 Å². The van der Waals surface area contributed by atoms with Crippen molar-refractivity contribution in [3.8, 4) is 0 Å². The lowest BCUT2D eigenvalue weighted by Crippen LogP contribution is -2.49. The maximum atomic E-state index is 10.3. The Hall–Kier alpha value is -0.340. The van der Waals surface area contributed by atoms with Crippen LogP contribution >= 0.6 is 0 Å². The number of aliphatic hydroxyl groups excluding tert-OH is 1. The minimum atomic E-state index is -0.0501. The van der Waals surface area contributed by atoms with Crippen LogP contribution in [0.1, 0.15) is 106 Å². The van der Waals surface area contributed by atoms with E-state index in [1.54, 1.807) is 0 Å². The highest BCUT2D eigenvalue weighted by Crippen LogP contribution is 2.67. The Bertz CT molecular complexity index is 726. The van der Waals surface area contributed by atoms with Gasteiger partial charge in [0.15, 0.2) is 0 Å². The number of aliphatic hydroxyl groups is 1. The number of hydrogen-bond acceptors (Lipinski definition) is 2. The summed E-state index contributed by atoms with van der Waals surface area (Å²) in [5, 5.41) is 10.3. The Labute approximate surface area is 191 Å². The Balaban J connectivity index is 1.31. The van der Waals surface area contributed by atoms with Gasteiger partial charge in [0, 0.05) is 0 Å². The van der Waals surface area contributed by atoms with E-state index < -0.39 is 0 Å². The second kappa shape index (κ2) is 7.59. The molecule has 3 saturated carbocycles. The highest BCUT2D eigenvalue weighted by Gasteiger charge is 2.59. The summed E-state index contributed by atoms with van der Waals surface area (Å²) in [5.74, 6) is 4.62. The number of allylic oxidation sites excluding steroid dienone is 2. The average molecular weight is 429 g/mol. The first kappa shape index (κ1) is 22.5. The van der Waals surface area contributed by atoms with Crippen LogP contribution in [0.4, 0.5) is 0 Å². The molecule has 5 rings (SSSR count). The van der Waals surface area contributed by atoms with Gasteiger partial charge in [-0.05, 0) is 117 Å². The zero-order valence-corrected chi connectivity index (χ0v) is 21.1. The SMILES string of the molecule is CC(C)[C@@]1(CC[C@@H](C)[C@H]2CC[C@H]3C4=CC[C@H]5C[C@@H](O)CC[C@]5(C)[C@H]4CC[C@]23C)O[C@@H]1C. The fourth-order valence-corrected chi connectivity index (χ4v) is 9.57. The van der Waals surface area contributed by atoms with E-state index in [1.807, 2.05) is 5.57 Å². The second-order valence-corrected chi connectivity index (χ2v) is 13.3. The van der Waals surface area contributed by atoms with Crippen LogP contribution in [-0.2, 0) is 4.74 Å². The van der Waals surface area contributed by atoms with Gasteiger partial charge in [-0.1, -0.05) is 46.3 Å². The molecule has 10 atom stereocenters. The maximum Gasteiger partial charge on any atom is 0.0968 e. The number of hydrogen-bond donors (Lipinski definition) is 1. The van der Waals surface area contributed by atoms with Crippen LogP contribution in [0.25, 0.3) is 0 Å². The van der Waals surface area contributed by atoms with Gasteiger partial charge < -0.3 is 9.84 Å². The van der Waals surface area contributed by atoms with Crippen molar-refractivity contribution in [3.05, 3.63) is 11.6 Å². The van der Waals surface area contributed by atoms with Crippen LogP contribution in [0.2, 0.25) is 0 Å². The van der Waals surface area contributed by atoms with E-state index in [0.29, 0.717) is 28.8 Å². The Morgan fingerprint density at radius 1 is 1.03 bits per heavy atom. The largest absolute Gasteiger partial charge is 0.393 e. The molecule has 0 spiro atoms. The molecular weight excluding hydrogens is 380 g/mol.